The molecule has 0 bridgehead atoms. The molecule has 0 radical (unpaired) electrons. The lowest BCUT2D eigenvalue weighted by atomic mass is 10.0. The molecule has 0 atom stereocenters. The second-order valence-corrected chi connectivity index (χ2v) is 6.05. The van der Waals surface area contributed by atoms with Gasteiger partial charge in [-0.15, -0.1) is 0 Å². The molecule has 0 aliphatic carbocycles. The largest absolute Gasteiger partial charge is 0.462 e. The van der Waals surface area contributed by atoms with Crippen LogP contribution in [-0.4, -0.2) is 35.6 Å². The highest BCUT2D eigenvalue weighted by Crippen LogP contribution is 2.24. The fourth-order valence-electron chi connectivity index (χ4n) is 2.18. The zero-order valence-electron chi connectivity index (χ0n) is 11.7. The number of nitrogens with one attached hydrogen (secondary N) is 1. The molecule has 1 aliphatic rings. The monoisotopic (exact) mass is 295 g/mol. The SMILES string of the molecule is CCOC(=O)c1cc(N)cnc1NCC1CCSCC1. The first kappa shape index (κ1) is 15.0. The van der Waals surface area contributed by atoms with Crippen LogP contribution in [0.3, 0.4) is 0 Å². The van der Waals surface area contributed by atoms with Crippen molar-refractivity contribution in [1.82, 2.24) is 4.98 Å². The van der Waals surface area contributed by atoms with Crippen LogP contribution in [0, 0.1) is 5.92 Å². The minimum atomic E-state index is -0.381. The van der Waals surface area contributed by atoms with E-state index >= 15 is 0 Å². The van der Waals surface area contributed by atoms with E-state index in [4.69, 9.17) is 10.5 Å². The van der Waals surface area contributed by atoms with Gasteiger partial charge in [-0.1, -0.05) is 0 Å². The Morgan fingerprint density at radius 3 is 3.00 bits per heavy atom. The second-order valence-electron chi connectivity index (χ2n) is 4.82. The van der Waals surface area contributed by atoms with Crippen LogP contribution in [0.15, 0.2) is 12.3 Å². The minimum Gasteiger partial charge on any atom is -0.462 e. The number of anilines is 2. The van der Waals surface area contributed by atoms with E-state index in [1.54, 1.807) is 19.2 Å². The number of pyridine rings is 1. The van der Waals surface area contributed by atoms with Gasteiger partial charge in [-0.05, 0) is 43.3 Å². The van der Waals surface area contributed by atoms with Crippen molar-refractivity contribution >= 4 is 29.2 Å². The van der Waals surface area contributed by atoms with Gasteiger partial charge in [0.15, 0.2) is 0 Å². The van der Waals surface area contributed by atoms with Gasteiger partial charge in [0, 0.05) is 6.54 Å². The van der Waals surface area contributed by atoms with Crippen molar-refractivity contribution in [3.63, 3.8) is 0 Å². The van der Waals surface area contributed by atoms with Crippen LogP contribution in [0.4, 0.5) is 11.5 Å². The molecule has 3 N–H and O–H groups in total. The van der Waals surface area contributed by atoms with Crippen LogP contribution < -0.4 is 11.1 Å². The molecule has 2 rings (SSSR count). The zero-order chi connectivity index (χ0) is 14.4. The number of aromatic nitrogens is 1. The molecule has 20 heavy (non-hydrogen) atoms. The predicted octanol–water partition coefficient (Wildman–Crippen LogP) is 2.40. The van der Waals surface area contributed by atoms with Crippen LogP contribution in [0.1, 0.15) is 30.1 Å². The van der Waals surface area contributed by atoms with Gasteiger partial charge in [0.25, 0.3) is 0 Å². The molecule has 0 saturated carbocycles. The Bertz CT molecular complexity index is 462. The van der Waals surface area contributed by atoms with Crippen LogP contribution in [0.5, 0.6) is 0 Å². The number of hydrogen-bond donors (Lipinski definition) is 2. The van der Waals surface area contributed by atoms with Gasteiger partial charge < -0.3 is 15.8 Å². The van der Waals surface area contributed by atoms with Crippen molar-refractivity contribution in [1.29, 1.82) is 0 Å². The highest BCUT2D eigenvalue weighted by molar-refractivity contribution is 7.99. The highest BCUT2D eigenvalue weighted by Gasteiger charge is 2.17. The van der Waals surface area contributed by atoms with Crippen molar-refractivity contribution in [2.45, 2.75) is 19.8 Å². The summed E-state index contributed by atoms with van der Waals surface area (Å²) in [4.78, 5) is 16.1. The molecular formula is C14H21N3O2S. The van der Waals surface area contributed by atoms with Crippen LogP contribution in [-0.2, 0) is 4.74 Å². The lowest BCUT2D eigenvalue weighted by molar-refractivity contribution is 0.0527. The number of hydrogen-bond acceptors (Lipinski definition) is 6. The summed E-state index contributed by atoms with van der Waals surface area (Å²) in [6.07, 6.45) is 3.98. The van der Waals surface area contributed by atoms with Gasteiger partial charge in [-0.2, -0.15) is 11.8 Å². The summed E-state index contributed by atoms with van der Waals surface area (Å²) in [5.41, 5.74) is 6.58. The Kier molecular flexibility index (Phi) is 5.52. The fraction of sp³-hybridized carbons (Fsp3) is 0.571. The average Bonchev–Trinajstić information content (AvgIpc) is 2.47. The lowest BCUT2D eigenvalue weighted by Crippen LogP contribution is -2.21. The average molecular weight is 295 g/mol. The number of rotatable bonds is 5. The van der Waals surface area contributed by atoms with E-state index in [2.05, 4.69) is 10.3 Å². The Balaban J connectivity index is 2.03. The quantitative estimate of drug-likeness (QED) is 0.812. The molecule has 1 saturated heterocycles. The first-order chi connectivity index (χ1) is 9.70. The molecule has 110 valence electrons. The molecule has 0 unspecified atom stereocenters. The molecule has 1 aromatic heterocycles. The number of ether oxygens (including phenoxy) is 1. The molecular weight excluding hydrogens is 274 g/mol. The van der Waals surface area contributed by atoms with Crippen molar-refractivity contribution < 1.29 is 9.53 Å². The maximum atomic E-state index is 11.9. The van der Waals surface area contributed by atoms with E-state index in [1.807, 2.05) is 11.8 Å². The molecule has 1 aromatic rings. The zero-order valence-corrected chi connectivity index (χ0v) is 12.5. The van der Waals surface area contributed by atoms with Crippen molar-refractivity contribution in [2.75, 3.05) is 35.7 Å². The van der Waals surface area contributed by atoms with Crippen molar-refractivity contribution in [2.24, 2.45) is 5.92 Å². The van der Waals surface area contributed by atoms with Crippen molar-refractivity contribution in [3.05, 3.63) is 17.8 Å². The molecule has 6 heteroatoms. The van der Waals surface area contributed by atoms with Gasteiger partial charge in [0.05, 0.1) is 18.5 Å². The topological polar surface area (TPSA) is 77.2 Å². The standard InChI is InChI=1S/C14H21N3O2S/c1-2-19-14(18)12-7-11(15)9-17-13(12)16-8-10-3-5-20-6-4-10/h7,9-10H,2-6,8,15H2,1H3,(H,16,17). The Morgan fingerprint density at radius 2 is 2.30 bits per heavy atom. The van der Waals surface area contributed by atoms with Crippen LogP contribution in [0.25, 0.3) is 0 Å². The third-order valence-corrected chi connectivity index (χ3v) is 4.35. The van der Waals surface area contributed by atoms with Gasteiger partial charge in [0.2, 0.25) is 0 Å². The van der Waals surface area contributed by atoms with Crippen LogP contribution in [0.2, 0.25) is 0 Å². The van der Waals surface area contributed by atoms with E-state index in [-0.39, 0.29) is 5.97 Å². The number of nitrogen functional groups attached to an aromatic ring is 1. The van der Waals surface area contributed by atoms with E-state index in [0.717, 1.165) is 6.54 Å². The van der Waals surface area contributed by atoms with Gasteiger partial charge >= 0.3 is 5.97 Å². The Labute approximate surface area is 123 Å². The first-order valence-electron chi connectivity index (χ1n) is 6.95. The second kappa shape index (κ2) is 7.38. The highest BCUT2D eigenvalue weighted by atomic mass is 32.2. The van der Waals surface area contributed by atoms with Gasteiger partial charge in [-0.25, -0.2) is 9.78 Å². The third kappa shape index (κ3) is 4.03. The number of nitrogens with zero attached hydrogens (tertiary/aromatic N) is 1. The summed E-state index contributed by atoms with van der Waals surface area (Å²) >= 11 is 2.00. The molecule has 2 heterocycles. The summed E-state index contributed by atoms with van der Waals surface area (Å²) < 4.78 is 5.04. The first-order valence-corrected chi connectivity index (χ1v) is 8.10. The normalized spacial score (nSPS) is 15.8. The number of thioether (sulfide) groups is 1. The van der Waals surface area contributed by atoms with Crippen LogP contribution >= 0.6 is 11.8 Å². The molecule has 0 amide bonds. The third-order valence-electron chi connectivity index (χ3n) is 3.30. The number of carbonyl (C=O) groups excluding carboxylic acids is 1. The summed E-state index contributed by atoms with van der Waals surface area (Å²) in [6, 6.07) is 1.62. The molecule has 1 fully saturated rings. The predicted molar refractivity (Wildman–Crippen MR) is 83.1 cm³/mol. The van der Waals surface area contributed by atoms with E-state index in [1.165, 1.54) is 24.3 Å². The lowest BCUT2D eigenvalue weighted by Gasteiger charge is -2.22. The summed E-state index contributed by atoms with van der Waals surface area (Å²) in [5.74, 6) is 3.26. The summed E-state index contributed by atoms with van der Waals surface area (Å²) in [6.45, 7) is 2.96. The van der Waals surface area contributed by atoms with Gasteiger partial charge in [-0.3, -0.25) is 0 Å². The summed E-state index contributed by atoms with van der Waals surface area (Å²) in [7, 11) is 0. The number of esters is 1. The van der Waals surface area contributed by atoms with E-state index < -0.39 is 0 Å². The summed E-state index contributed by atoms with van der Waals surface area (Å²) in [5, 5.41) is 3.27. The molecule has 1 aliphatic heterocycles. The maximum Gasteiger partial charge on any atom is 0.341 e. The van der Waals surface area contributed by atoms with E-state index in [0.29, 0.717) is 29.6 Å². The fourth-order valence-corrected chi connectivity index (χ4v) is 3.38. The minimum absolute atomic E-state index is 0.340. The number of carbonyl (C=O) groups is 1. The van der Waals surface area contributed by atoms with Crippen molar-refractivity contribution in [3.8, 4) is 0 Å². The smallest absolute Gasteiger partial charge is 0.341 e. The Hall–Kier alpha value is -1.43. The molecule has 5 nitrogen and oxygen atoms in total. The Morgan fingerprint density at radius 1 is 1.55 bits per heavy atom. The molecule has 0 spiro atoms. The molecule has 0 aromatic carbocycles. The van der Waals surface area contributed by atoms with E-state index in [9.17, 15) is 4.79 Å². The number of nitrogens with two attached hydrogens (primary N) is 1. The van der Waals surface area contributed by atoms with Gasteiger partial charge in [0.1, 0.15) is 11.4 Å². The maximum absolute atomic E-state index is 11.9.